The average molecular weight is 255 g/mol. The Balaban J connectivity index is 2.57. The van der Waals surface area contributed by atoms with Crippen molar-refractivity contribution >= 4 is 16.7 Å². The molecule has 0 atom stereocenters. The van der Waals surface area contributed by atoms with Gasteiger partial charge < -0.3 is 4.57 Å². The standard InChI is InChI=1S/C13H12F3NO/c1-8(18)5-11-6-9-3-4-10(13(14,15)16)7-12(9)17(11)2/h3-4,6-7H,5H2,1-2H3. The normalized spacial score (nSPS) is 12.1. The van der Waals surface area contributed by atoms with Crippen molar-refractivity contribution in [3.8, 4) is 0 Å². The van der Waals surface area contributed by atoms with Crippen LogP contribution in [0.25, 0.3) is 10.9 Å². The summed E-state index contributed by atoms with van der Waals surface area (Å²) >= 11 is 0. The Hall–Kier alpha value is -1.78. The topological polar surface area (TPSA) is 22.0 Å². The molecule has 1 heterocycles. The molecule has 1 aromatic heterocycles. The summed E-state index contributed by atoms with van der Waals surface area (Å²) in [5, 5.41) is 0.710. The monoisotopic (exact) mass is 255 g/mol. The molecule has 0 amide bonds. The Kier molecular flexibility index (Phi) is 2.92. The number of ketones is 1. The van der Waals surface area contributed by atoms with E-state index in [1.807, 2.05) is 0 Å². The third-order valence-corrected chi connectivity index (χ3v) is 2.90. The van der Waals surface area contributed by atoms with Crippen LogP contribution in [-0.2, 0) is 24.4 Å². The van der Waals surface area contributed by atoms with Gasteiger partial charge in [-0.1, -0.05) is 6.07 Å². The lowest BCUT2D eigenvalue weighted by Gasteiger charge is -2.07. The van der Waals surface area contributed by atoms with E-state index < -0.39 is 11.7 Å². The first kappa shape index (κ1) is 12.7. The van der Waals surface area contributed by atoms with Crippen LogP contribution in [0.4, 0.5) is 13.2 Å². The number of nitrogens with zero attached hydrogens (tertiary/aromatic N) is 1. The van der Waals surface area contributed by atoms with Crippen molar-refractivity contribution in [2.24, 2.45) is 7.05 Å². The van der Waals surface area contributed by atoms with E-state index >= 15 is 0 Å². The molecular weight excluding hydrogens is 243 g/mol. The Bertz CT molecular complexity index is 610. The lowest BCUT2D eigenvalue weighted by atomic mass is 10.1. The van der Waals surface area contributed by atoms with Crippen LogP contribution in [0, 0.1) is 0 Å². The molecule has 0 bridgehead atoms. The molecule has 0 fully saturated rings. The molecule has 5 heteroatoms. The first-order valence-electron chi connectivity index (χ1n) is 5.44. The van der Waals surface area contributed by atoms with Gasteiger partial charge in [0.25, 0.3) is 0 Å². The van der Waals surface area contributed by atoms with Gasteiger partial charge >= 0.3 is 6.18 Å². The molecular formula is C13H12F3NO. The minimum Gasteiger partial charge on any atom is -0.347 e. The van der Waals surface area contributed by atoms with E-state index in [-0.39, 0.29) is 12.2 Å². The first-order valence-corrected chi connectivity index (χ1v) is 5.44. The molecule has 0 aliphatic carbocycles. The van der Waals surface area contributed by atoms with Crippen molar-refractivity contribution in [2.75, 3.05) is 0 Å². The Morgan fingerprint density at radius 3 is 2.50 bits per heavy atom. The number of halogens is 3. The summed E-state index contributed by atoms with van der Waals surface area (Å²) in [6.45, 7) is 1.46. The number of alkyl halides is 3. The van der Waals surface area contributed by atoms with E-state index in [1.165, 1.54) is 13.0 Å². The molecule has 2 rings (SSSR count). The summed E-state index contributed by atoms with van der Waals surface area (Å²) in [6, 6.07) is 5.34. The summed E-state index contributed by atoms with van der Waals surface area (Å²) in [6.07, 6.45) is -4.12. The molecule has 0 saturated carbocycles. The number of Topliss-reactive ketones (excluding diaryl/α,β-unsaturated/α-hetero) is 1. The Labute approximate surface area is 102 Å². The number of carbonyl (C=O) groups excluding carboxylic acids is 1. The molecule has 0 saturated heterocycles. The van der Waals surface area contributed by atoms with Crippen LogP contribution >= 0.6 is 0 Å². The number of carbonyl (C=O) groups is 1. The zero-order chi connectivity index (χ0) is 13.5. The smallest absolute Gasteiger partial charge is 0.347 e. The first-order chi connectivity index (χ1) is 8.29. The van der Waals surface area contributed by atoms with E-state index in [0.717, 1.165) is 17.8 Å². The third-order valence-electron chi connectivity index (χ3n) is 2.90. The fourth-order valence-electron chi connectivity index (χ4n) is 1.99. The molecule has 2 nitrogen and oxygen atoms in total. The van der Waals surface area contributed by atoms with Gasteiger partial charge in [0.2, 0.25) is 0 Å². The molecule has 0 radical (unpaired) electrons. The van der Waals surface area contributed by atoms with E-state index in [4.69, 9.17) is 0 Å². The molecule has 2 aromatic rings. The average Bonchev–Trinajstić information content (AvgIpc) is 2.53. The second-order valence-electron chi connectivity index (χ2n) is 4.34. The molecule has 0 spiro atoms. The maximum Gasteiger partial charge on any atom is 0.416 e. The van der Waals surface area contributed by atoms with Gasteiger partial charge in [-0.25, -0.2) is 0 Å². The molecule has 1 aromatic carbocycles. The minimum atomic E-state index is -4.35. The number of hydrogen-bond donors (Lipinski definition) is 0. The van der Waals surface area contributed by atoms with E-state index in [1.54, 1.807) is 17.7 Å². The van der Waals surface area contributed by atoms with Gasteiger partial charge in [0.05, 0.1) is 5.56 Å². The zero-order valence-electron chi connectivity index (χ0n) is 10.0. The highest BCUT2D eigenvalue weighted by molar-refractivity contribution is 5.85. The second-order valence-corrected chi connectivity index (χ2v) is 4.34. The number of hydrogen-bond acceptors (Lipinski definition) is 1. The molecule has 96 valence electrons. The second kappa shape index (κ2) is 4.15. The Morgan fingerprint density at radius 1 is 1.28 bits per heavy atom. The number of rotatable bonds is 2. The third kappa shape index (κ3) is 2.25. The number of benzene rings is 1. The molecule has 18 heavy (non-hydrogen) atoms. The van der Waals surface area contributed by atoms with Gasteiger partial charge in [-0.2, -0.15) is 13.2 Å². The fraction of sp³-hybridized carbons (Fsp3) is 0.308. The predicted molar refractivity (Wildman–Crippen MR) is 62.3 cm³/mol. The Morgan fingerprint density at radius 2 is 1.94 bits per heavy atom. The van der Waals surface area contributed by atoms with Crippen molar-refractivity contribution in [1.82, 2.24) is 4.57 Å². The van der Waals surface area contributed by atoms with Gasteiger partial charge in [-0.05, 0) is 30.5 Å². The highest BCUT2D eigenvalue weighted by Gasteiger charge is 2.30. The van der Waals surface area contributed by atoms with Gasteiger partial charge in [0.15, 0.2) is 0 Å². The SMILES string of the molecule is CC(=O)Cc1cc2ccc(C(F)(F)F)cc2n1C. The van der Waals surface area contributed by atoms with Crippen LogP contribution in [0.2, 0.25) is 0 Å². The molecule has 0 N–H and O–H groups in total. The van der Waals surface area contributed by atoms with Gasteiger partial charge in [0.1, 0.15) is 5.78 Å². The van der Waals surface area contributed by atoms with E-state index in [2.05, 4.69) is 0 Å². The maximum absolute atomic E-state index is 12.6. The summed E-state index contributed by atoms with van der Waals surface area (Å²) in [5.74, 6) is -0.0167. The van der Waals surface area contributed by atoms with Crippen LogP contribution in [0.3, 0.4) is 0 Å². The van der Waals surface area contributed by atoms with E-state index in [0.29, 0.717) is 10.9 Å². The largest absolute Gasteiger partial charge is 0.416 e. The minimum absolute atomic E-state index is 0.0167. The van der Waals surface area contributed by atoms with Crippen LogP contribution in [0.5, 0.6) is 0 Å². The van der Waals surface area contributed by atoms with Crippen molar-refractivity contribution < 1.29 is 18.0 Å². The van der Waals surface area contributed by atoms with Gasteiger partial charge in [-0.15, -0.1) is 0 Å². The summed E-state index contributed by atoms with van der Waals surface area (Å²) < 4.78 is 39.4. The van der Waals surface area contributed by atoms with Crippen molar-refractivity contribution in [2.45, 2.75) is 19.5 Å². The molecule has 0 aliphatic rings. The van der Waals surface area contributed by atoms with E-state index in [9.17, 15) is 18.0 Å². The summed E-state index contributed by atoms with van der Waals surface area (Å²) in [7, 11) is 1.67. The molecule has 0 unspecified atom stereocenters. The van der Waals surface area contributed by atoms with Crippen molar-refractivity contribution in [1.29, 1.82) is 0 Å². The highest BCUT2D eigenvalue weighted by atomic mass is 19.4. The predicted octanol–water partition coefficient (Wildman–Crippen LogP) is 3.33. The lowest BCUT2D eigenvalue weighted by molar-refractivity contribution is -0.137. The zero-order valence-corrected chi connectivity index (χ0v) is 10.0. The van der Waals surface area contributed by atoms with Gasteiger partial charge in [0, 0.05) is 24.7 Å². The van der Waals surface area contributed by atoms with Crippen molar-refractivity contribution in [3.63, 3.8) is 0 Å². The maximum atomic E-state index is 12.6. The number of aromatic nitrogens is 1. The van der Waals surface area contributed by atoms with Crippen LogP contribution in [-0.4, -0.2) is 10.4 Å². The van der Waals surface area contributed by atoms with Crippen molar-refractivity contribution in [3.05, 3.63) is 35.5 Å². The van der Waals surface area contributed by atoms with Crippen LogP contribution in [0.15, 0.2) is 24.3 Å². The number of aryl methyl sites for hydroxylation is 1. The number of fused-ring (bicyclic) bond motifs is 1. The fourth-order valence-corrected chi connectivity index (χ4v) is 1.99. The quantitative estimate of drug-likeness (QED) is 0.806. The summed E-state index contributed by atoms with van der Waals surface area (Å²) in [4.78, 5) is 11.1. The highest BCUT2D eigenvalue weighted by Crippen LogP contribution is 2.32. The van der Waals surface area contributed by atoms with Gasteiger partial charge in [-0.3, -0.25) is 4.79 Å². The van der Waals surface area contributed by atoms with Crippen LogP contribution < -0.4 is 0 Å². The summed E-state index contributed by atoms with van der Waals surface area (Å²) in [5.41, 5.74) is 0.531. The van der Waals surface area contributed by atoms with Crippen LogP contribution in [0.1, 0.15) is 18.2 Å². The molecule has 0 aliphatic heterocycles. The lowest BCUT2D eigenvalue weighted by Crippen LogP contribution is -2.05.